The van der Waals surface area contributed by atoms with Crippen molar-refractivity contribution in [3.05, 3.63) is 15.9 Å². The van der Waals surface area contributed by atoms with Gasteiger partial charge in [0.2, 0.25) is 5.91 Å². The Balaban J connectivity index is 2.31. The van der Waals surface area contributed by atoms with Gasteiger partial charge in [0, 0.05) is 6.04 Å². The zero-order chi connectivity index (χ0) is 14.8. The molecule has 1 amide bonds. The molecule has 0 atom stereocenters. The third-order valence-electron chi connectivity index (χ3n) is 3.14. The summed E-state index contributed by atoms with van der Waals surface area (Å²) in [5.41, 5.74) is 5.21. The summed E-state index contributed by atoms with van der Waals surface area (Å²) in [6.45, 7) is 1.20. The summed E-state index contributed by atoms with van der Waals surface area (Å²) >= 11 is 4.39. The first kappa shape index (κ1) is 15.9. The van der Waals surface area contributed by atoms with Crippen molar-refractivity contribution in [2.24, 2.45) is 5.73 Å². The van der Waals surface area contributed by atoms with E-state index in [4.69, 9.17) is 5.73 Å². The van der Waals surface area contributed by atoms with Gasteiger partial charge < -0.3 is 11.1 Å². The molecule has 1 saturated heterocycles. The Morgan fingerprint density at radius 3 is 2.60 bits per heavy atom. The van der Waals surface area contributed by atoms with Crippen LogP contribution >= 0.6 is 27.3 Å². The second-order valence-electron chi connectivity index (χ2n) is 4.56. The summed E-state index contributed by atoms with van der Waals surface area (Å²) < 4.78 is 27.5. The number of nitrogens with two attached hydrogens (primary N) is 1. The van der Waals surface area contributed by atoms with Gasteiger partial charge in [-0.15, -0.1) is 11.3 Å². The average molecular weight is 382 g/mol. The first-order valence-corrected chi connectivity index (χ1v) is 9.22. The van der Waals surface area contributed by atoms with Crippen LogP contribution in [-0.2, 0) is 14.8 Å². The van der Waals surface area contributed by atoms with Gasteiger partial charge in [-0.25, -0.2) is 8.42 Å². The quantitative estimate of drug-likeness (QED) is 0.786. The highest BCUT2D eigenvalue weighted by Gasteiger charge is 2.34. The number of hydrogen-bond donors (Lipinski definition) is 2. The SMILES string of the molecule is NC(=O)CN(C1CCNCC1)S(=O)(=O)c1ccc(Br)s1. The fraction of sp³-hybridized carbons (Fsp3) is 0.545. The maximum absolute atomic E-state index is 12.7. The topological polar surface area (TPSA) is 92.5 Å². The van der Waals surface area contributed by atoms with Gasteiger partial charge in [0.15, 0.2) is 0 Å². The van der Waals surface area contributed by atoms with Gasteiger partial charge in [0.05, 0.1) is 10.3 Å². The number of nitrogens with one attached hydrogen (secondary N) is 1. The molecular formula is C11H16BrN3O3S2. The second-order valence-corrected chi connectivity index (χ2v) is 9.14. The Hall–Kier alpha value is -0.480. The van der Waals surface area contributed by atoms with Crippen molar-refractivity contribution in [3.63, 3.8) is 0 Å². The largest absolute Gasteiger partial charge is 0.369 e. The maximum atomic E-state index is 12.7. The van der Waals surface area contributed by atoms with E-state index < -0.39 is 15.9 Å². The predicted molar refractivity (Wildman–Crippen MR) is 81.0 cm³/mol. The van der Waals surface area contributed by atoms with Crippen LogP contribution in [0.15, 0.2) is 20.1 Å². The number of amides is 1. The number of primary amides is 1. The highest BCUT2D eigenvalue weighted by molar-refractivity contribution is 9.11. The Bertz CT molecular complexity index is 581. The number of carbonyl (C=O) groups excluding carboxylic acids is 1. The molecule has 0 unspecified atom stereocenters. The van der Waals surface area contributed by atoms with E-state index in [1.165, 1.54) is 4.31 Å². The van der Waals surface area contributed by atoms with Gasteiger partial charge in [-0.3, -0.25) is 4.79 Å². The van der Waals surface area contributed by atoms with Crippen LogP contribution in [0.2, 0.25) is 0 Å². The van der Waals surface area contributed by atoms with E-state index in [1.54, 1.807) is 12.1 Å². The molecule has 2 heterocycles. The van der Waals surface area contributed by atoms with Crippen LogP contribution in [0.3, 0.4) is 0 Å². The third-order valence-corrected chi connectivity index (χ3v) is 7.13. The van der Waals surface area contributed by atoms with Crippen molar-refractivity contribution < 1.29 is 13.2 Å². The van der Waals surface area contributed by atoms with Gasteiger partial charge in [0.1, 0.15) is 4.21 Å². The van der Waals surface area contributed by atoms with Gasteiger partial charge in [-0.1, -0.05) is 0 Å². The Labute approximate surface area is 130 Å². The van der Waals surface area contributed by atoms with Crippen LogP contribution in [0.4, 0.5) is 0 Å². The molecule has 1 fully saturated rings. The Morgan fingerprint density at radius 2 is 2.10 bits per heavy atom. The number of carbonyl (C=O) groups is 1. The maximum Gasteiger partial charge on any atom is 0.253 e. The number of rotatable bonds is 5. The Morgan fingerprint density at radius 1 is 1.45 bits per heavy atom. The molecule has 20 heavy (non-hydrogen) atoms. The molecule has 1 aromatic rings. The standard InChI is InChI=1S/C11H16BrN3O3S2/c12-9-1-2-11(19-9)20(17,18)15(7-10(13)16)8-3-5-14-6-4-8/h1-2,8,14H,3-7H2,(H2,13,16). The lowest BCUT2D eigenvalue weighted by molar-refractivity contribution is -0.118. The van der Waals surface area contributed by atoms with Crippen molar-refractivity contribution in [2.75, 3.05) is 19.6 Å². The van der Waals surface area contributed by atoms with Crippen molar-refractivity contribution in [3.8, 4) is 0 Å². The van der Waals surface area contributed by atoms with Crippen LogP contribution in [0, 0.1) is 0 Å². The summed E-state index contributed by atoms with van der Waals surface area (Å²) in [5.74, 6) is -0.636. The number of hydrogen-bond acceptors (Lipinski definition) is 5. The molecule has 6 nitrogen and oxygen atoms in total. The summed E-state index contributed by atoms with van der Waals surface area (Å²) in [4.78, 5) is 11.2. The molecule has 1 aliphatic heterocycles. The lowest BCUT2D eigenvalue weighted by Crippen LogP contribution is -2.49. The van der Waals surface area contributed by atoms with E-state index in [0.29, 0.717) is 12.8 Å². The number of sulfonamides is 1. The number of nitrogens with zero attached hydrogens (tertiary/aromatic N) is 1. The molecule has 0 aliphatic carbocycles. The molecule has 1 aliphatic rings. The zero-order valence-electron chi connectivity index (χ0n) is 10.7. The third kappa shape index (κ3) is 3.59. The molecule has 112 valence electrons. The van der Waals surface area contributed by atoms with Crippen molar-refractivity contribution in [1.29, 1.82) is 0 Å². The molecule has 0 aromatic carbocycles. The molecule has 1 aromatic heterocycles. The van der Waals surface area contributed by atoms with Gasteiger partial charge in [-0.2, -0.15) is 4.31 Å². The number of piperidine rings is 1. The van der Waals surface area contributed by atoms with E-state index in [9.17, 15) is 13.2 Å². The molecule has 9 heteroatoms. The average Bonchev–Trinajstić information content (AvgIpc) is 2.84. The molecule has 2 rings (SSSR count). The normalized spacial score (nSPS) is 17.5. The van der Waals surface area contributed by atoms with Gasteiger partial charge in [0.25, 0.3) is 10.0 Å². The number of thiophene rings is 1. The highest BCUT2D eigenvalue weighted by atomic mass is 79.9. The minimum atomic E-state index is -3.68. The van der Waals surface area contributed by atoms with E-state index in [-0.39, 0.29) is 16.8 Å². The zero-order valence-corrected chi connectivity index (χ0v) is 13.9. The number of halogens is 1. The van der Waals surface area contributed by atoms with Gasteiger partial charge in [-0.05, 0) is 54.0 Å². The minimum Gasteiger partial charge on any atom is -0.369 e. The van der Waals surface area contributed by atoms with Crippen molar-refractivity contribution in [1.82, 2.24) is 9.62 Å². The van der Waals surface area contributed by atoms with E-state index in [2.05, 4.69) is 21.2 Å². The minimum absolute atomic E-state index is 0.186. The summed E-state index contributed by atoms with van der Waals surface area (Å²) in [6, 6.07) is 3.04. The van der Waals surface area contributed by atoms with Crippen LogP contribution in [0.5, 0.6) is 0 Å². The smallest absolute Gasteiger partial charge is 0.253 e. The fourth-order valence-corrected chi connectivity index (χ4v) is 6.00. The van der Waals surface area contributed by atoms with E-state index in [0.717, 1.165) is 28.2 Å². The Kier molecular flexibility index (Phi) is 5.19. The van der Waals surface area contributed by atoms with Crippen molar-refractivity contribution >= 4 is 43.2 Å². The molecule has 0 bridgehead atoms. The molecule has 0 radical (unpaired) electrons. The fourth-order valence-electron chi connectivity index (χ4n) is 2.21. The molecule has 0 saturated carbocycles. The van der Waals surface area contributed by atoms with E-state index in [1.807, 2.05) is 0 Å². The molecule has 3 N–H and O–H groups in total. The summed E-state index contributed by atoms with van der Waals surface area (Å²) in [6.07, 6.45) is 1.36. The second kappa shape index (κ2) is 6.52. The van der Waals surface area contributed by atoms with Crippen molar-refractivity contribution in [2.45, 2.75) is 23.1 Å². The lowest BCUT2D eigenvalue weighted by Gasteiger charge is -2.32. The first-order chi connectivity index (χ1) is 9.41. The van der Waals surface area contributed by atoms with Gasteiger partial charge >= 0.3 is 0 Å². The summed E-state index contributed by atoms with van der Waals surface area (Å²) in [7, 11) is -3.68. The van der Waals surface area contributed by atoms with E-state index >= 15 is 0 Å². The highest BCUT2D eigenvalue weighted by Crippen LogP contribution is 2.30. The first-order valence-electron chi connectivity index (χ1n) is 6.17. The molecule has 0 spiro atoms. The molecular weight excluding hydrogens is 366 g/mol. The predicted octanol–water partition coefficient (Wildman–Crippen LogP) is 0.739. The monoisotopic (exact) mass is 381 g/mol. The summed E-state index contributed by atoms with van der Waals surface area (Å²) in [5, 5.41) is 3.18. The van der Waals surface area contributed by atoms with Crippen LogP contribution in [-0.4, -0.2) is 44.3 Å². The van der Waals surface area contributed by atoms with Crippen LogP contribution < -0.4 is 11.1 Å². The van der Waals surface area contributed by atoms with Crippen LogP contribution in [0.1, 0.15) is 12.8 Å². The lowest BCUT2D eigenvalue weighted by atomic mass is 10.1. The van der Waals surface area contributed by atoms with Crippen LogP contribution in [0.25, 0.3) is 0 Å².